The van der Waals surface area contributed by atoms with Crippen molar-refractivity contribution in [2.24, 2.45) is 0 Å². The van der Waals surface area contributed by atoms with Crippen molar-refractivity contribution in [3.05, 3.63) is 51.8 Å². The molecular formula is C21H25BrN2O3S2. The van der Waals surface area contributed by atoms with E-state index >= 15 is 0 Å². The van der Waals surface area contributed by atoms with Gasteiger partial charge in [-0.2, -0.15) is 0 Å². The number of nitrogens with zero attached hydrogens (tertiary/aromatic N) is 1. The summed E-state index contributed by atoms with van der Waals surface area (Å²) in [7, 11) is -3.15. The third-order valence-electron chi connectivity index (χ3n) is 4.81. The fraction of sp³-hybridized carbons (Fsp3) is 0.381. The van der Waals surface area contributed by atoms with Crippen molar-refractivity contribution in [2.45, 2.75) is 32.2 Å². The van der Waals surface area contributed by atoms with Gasteiger partial charge in [-0.3, -0.25) is 4.79 Å². The summed E-state index contributed by atoms with van der Waals surface area (Å²) < 4.78 is 26.8. The van der Waals surface area contributed by atoms with E-state index in [4.69, 9.17) is 0 Å². The lowest BCUT2D eigenvalue weighted by molar-refractivity contribution is -0.117. The number of carbonyl (C=O) groups excluding carboxylic acids is 1. The fourth-order valence-electron chi connectivity index (χ4n) is 3.28. The van der Waals surface area contributed by atoms with E-state index in [2.05, 4.69) is 39.4 Å². The molecule has 5 nitrogen and oxygen atoms in total. The molecule has 1 N–H and O–H groups in total. The lowest BCUT2D eigenvalue weighted by Crippen LogP contribution is -2.46. The summed E-state index contributed by atoms with van der Waals surface area (Å²) in [6, 6.07) is 12.2. The zero-order chi connectivity index (χ0) is 20.9. The van der Waals surface area contributed by atoms with E-state index in [0.29, 0.717) is 32.4 Å². The van der Waals surface area contributed by atoms with Crippen LogP contribution >= 0.6 is 27.3 Å². The molecule has 0 saturated carbocycles. The third kappa shape index (κ3) is 6.25. The SMILES string of the molecule is CCCS(=O)(=O)N1CCC(NC(=O)/C=C/c2ccc(-c3ccc(Br)cc3)s2)CC1. The molecule has 8 heteroatoms. The topological polar surface area (TPSA) is 66.5 Å². The summed E-state index contributed by atoms with van der Waals surface area (Å²) in [6.45, 7) is 2.81. The zero-order valence-electron chi connectivity index (χ0n) is 16.3. The van der Waals surface area contributed by atoms with Crippen LogP contribution in [-0.4, -0.2) is 43.5 Å². The number of nitrogens with one attached hydrogen (secondary N) is 1. The minimum atomic E-state index is -3.15. The lowest BCUT2D eigenvalue weighted by Gasteiger charge is -2.31. The quantitative estimate of drug-likeness (QED) is 0.573. The molecule has 0 spiro atoms. The van der Waals surface area contributed by atoms with Crippen LogP contribution in [-0.2, 0) is 14.8 Å². The van der Waals surface area contributed by atoms with Crippen molar-refractivity contribution < 1.29 is 13.2 Å². The summed E-state index contributed by atoms with van der Waals surface area (Å²) in [5.41, 5.74) is 1.15. The molecule has 3 rings (SSSR count). The molecule has 0 aliphatic carbocycles. The standard InChI is InChI=1S/C21H25BrN2O3S2/c1-2-15-29(26,27)24-13-11-18(12-14-24)23-21(25)10-8-19-7-9-20(28-19)16-3-5-17(22)6-4-16/h3-10,18H,2,11-15H2,1H3,(H,23,25)/b10-8+. The average Bonchev–Trinajstić information content (AvgIpc) is 3.16. The first-order valence-corrected chi connectivity index (χ1v) is 12.9. The van der Waals surface area contributed by atoms with Crippen molar-refractivity contribution in [3.8, 4) is 10.4 Å². The molecule has 0 atom stereocenters. The van der Waals surface area contributed by atoms with Crippen LogP contribution in [0.15, 0.2) is 46.9 Å². The first-order valence-electron chi connectivity index (χ1n) is 9.69. The summed E-state index contributed by atoms with van der Waals surface area (Å²) in [5, 5.41) is 2.99. The molecule has 1 amide bonds. The maximum atomic E-state index is 12.2. The molecule has 2 heterocycles. The van der Waals surface area contributed by atoms with Gasteiger partial charge in [0.05, 0.1) is 5.75 Å². The van der Waals surface area contributed by atoms with Gasteiger partial charge in [0.1, 0.15) is 0 Å². The number of rotatable bonds is 7. The van der Waals surface area contributed by atoms with E-state index in [1.54, 1.807) is 21.7 Å². The number of carbonyl (C=O) groups is 1. The Morgan fingerprint density at radius 1 is 1.21 bits per heavy atom. The van der Waals surface area contributed by atoms with E-state index in [0.717, 1.165) is 19.8 Å². The number of thiophene rings is 1. The van der Waals surface area contributed by atoms with Gasteiger partial charge in [-0.25, -0.2) is 12.7 Å². The summed E-state index contributed by atoms with van der Waals surface area (Å²) >= 11 is 5.07. The largest absolute Gasteiger partial charge is 0.350 e. The second-order valence-electron chi connectivity index (χ2n) is 7.04. The van der Waals surface area contributed by atoms with E-state index in [9.17, 15) is 13.2 Å². The molecule has 0 bridgehead atoms. The summed E-state index contributed by atoms with van der Waals surface area (Å²) in [5.74, 6) is 0.0500. The Bertz CT molecular complexity index is 960. The Labute approximate surface area is 185 Å². The molecule has 1 aliphatic rings. The number of piperidine rings is 1. The maximum absolute atomic E-state index is 12.2. The Hall–Kier alpha value is -1.48. The predicted molar refractivity (Wildman–Crippen MR) is 123 cm³/mol. The van der Waals surface area contributed by atoms with Gasteiger partial charge in [0.25, 0.3) is 0 Å². The number of benzene rings is 1. The van der Waals surface area contributed by atoms with Crippen LogP contribution in [0.1, 0.15) is 31.1 Å². The number of hydrogen-bond donors (Lipinski definition) is 1. The normalized spacial score (nSPS) is 16.3. The van der Waals surface area contributed by atoms with Crippen molar-refractivity contribution in [3.63, 3.8) is 0 Å². The molecule has 2 aromatic rings. The predicted octanol–water partition coefficient (Wildman–Crippen LogP) is 4.51. The van der Waals surface area contributed by atoms with Gasteiger partial charge in [0.15, 0.2) is 0 Å². The van der Waals surface area contributed by atoms with Crippen LogP contribution in [0.2, 0.25) is 0 Å². The Kier molecular flexibility index (Phi) is 7.67. The monoisotopic (exact) mass is 496 g/mol. The highest BCUT2D eigenvalue weighted by Gasteiger charge is 2.27. The van der Waals surface area contributed by atoms with Gasteiger partial charge >= 0.3 is 0 Å². The number of amides is 1. The molecule has 0 radical (unpaired) electrons. The van der Waals surface area contributed by atoms with Crippen molar-refractivity contribution in [1.82, 2.24) is 9.62 Å². The number of halogens is 1. The average molecular weight is 497 g/mol. The second-order valence-corrected chi connectivity index (χ2v) is 11.2. The van der Waals surface area contributed by atoms with Gasteiger partial charge in [0, 0.05) is 39.4 Å². The third-order valence-corrected chi connectivity index (χ3v) is 8.51. The first kappa shape index (κ1) is 22.2. The highest BCUT2D eigenvalue weighted by Crippen LogP contribution is 2.29. The number of sulfonamides is 1. The summed E-state index contributed by atoms with van der Waals surface area (Å²) in [6.07, 6.45) is 5.29. The molecule has 1 aliphatic heterocycles. The van der Waals surface area contributed by atoms with Crippen LogP contribution in [0.3, 0.4) is 0 Å². The minimum Gasteiger partial charge on any atom is -0.350 e. The van der Waals surface area contributed by atoms with Crippen LogP contribution < -0.4 is 5.32 Å². The fourth-order valence-corrected chi connectivity index (χ4v) is 6.01. The molecule has 1 aromatic heterocycles. The van der Waals surface area contributed by atoms with E-state index < -0.39 is 10.0 Å². The van der Waals surface area contributed by atoms with Gasteiger partial charge in [-0.05, 0) is 55.2 Å². The van der Waals surface area contributed by atoms with E-state index in [-0.39, 0.29) is 17.7 Å². The van der Waals surface area contributed by atoms with Crippen LogP contribution in [0, 0.1) is 0 Å². The second kappa shape index (κ2) is 10.0. The first-order chi connectivity index (χ1) is 13.9. The molecule has 1 saturated heterocycles. The highest BCUT2D eigenvalue weighted by molar-refractivity contribution is 9.10. The highest BCUT2D eigenvalue weighted by atomic mass is 79.9. The van der Waals surface area contributed by atoms with E-state index in [1.165, 1.54) is 0 Å². The van der Waals surface area contributed by atoms with Gasteiger partial charge in [0.2, 0.25) is 15.9 Å². The maximum Gasteiger partial charge on any atom is 0.244 e. The van der Waals surface area contributed by atoms with E-state index in [1.807, 2.05) is 31.2 Å². The molecule has 1 fully saturated rings. The Balaban J connectivity index is 1.50. The van der Waals surface area contributed by atoms with Gasteiger partial charge < -0.3 is 5.32 Å². The molecular weight excluding hydrogens is 472 g/mol. The van der Waals surface area contributed by atoms with Crippen LogP contribution in [0.5, 0.6) is 0 Å². The smallest absolute Gasteiger partial charge is 0.244 e. The van der Waals surface area contributed by atoms with Crippen LogP contribution in [0.25, 0.3) is 16.5 Å². The van der Waals surface area contributed by atoms with Gasteiger partial charge in [-0.1, -0.05) is 35.0 Å². The molecule has 0 unspecified atom stereocenters. The van der Waals surface area contributed by atoms with Gasteiger partial charge in [-0.15, -0.1) is 11.3 Å². The molecule has 156 valence electrons. The molecule has 1 aromatic carbocycles. The lowest BCUT2D eigenvalue weighted by atomic mass is 10.1. The Morgan fingerprint density at radius 3 is 2.55 bits per heavy atom. The summed E-state index contributed by atoms with van der Waals surface area (Å²) in [4.78, 5) is 14.4. The minimum absolute atomic E-state index is 0.0156. The van der Waals surface area contributed by atoms with Crippen LogP contribution in [0.4, 0.5) is 0 Å². The van der Waals surface area contributed by atoms with Crippen molar-refractivity contribution >= 4 is 49.3 Å². The van der Waals surface area contributed by atoms with Crippen molar-refractivity contribution in [2.75, 3.05) is 18.8 Å². The number of hydrogen-bond acceptors (Lipinski definition) is 4. The van der Waals surface area contributed by atoms with Crippen molar-refractivity contribution in [1.29, 1.82) is 0 Å². The Morgan fingerprint density at radius 2 is 1.90 bits per heavy atom. The zero-order valence-corrected chi connectivity index (χ0v) is 19.5. The molecule has 29 heavy (non-hydrogen) atoms.